The molecule has 0 aliphatic rings. The molecule has 1 amide bonds. The van der Waals surface area contributed by atoms with Crippen molar-refractivity contribution in [1.29, 1.82) is 0 Å². The standard InChI is InChI=1S/C25H26ClNO5S/c1-4-8-24(28)27(33(30,31)18-12-13-21(26)17(3)16-18)22-14-15-23(32-25(29)9-5-2)20-11-7-6-10-19(20)22/h6-7,10-16H,4-5,8-9H2,1-3H3. The van der Waals surface area contributed by atoms with E-state index in [2.05, 4.69) is 0 Å². The van der Waals surface area contributed by atoms with Gasteiger partial charge in [-0.1, -0.05) is 49.7 Å². The molecule has 0 saturated heterocycles. The van der Waals surface area contributed by atoms with Crippen LogP contribution in [0.2, 0.25) is 5.02 Å². The molecule has 8 heteroatoms. The van der Waals surface area contributed by atoms with Crippen LogP contribution in [0, 0.1) is 6.92 Å². The van der Waals surface area contributed by atoms with Crippen molar-refractivity contribution in [2.45, 2.75) is 51.3 Å². The molecule has 0 aliphatic heterocycles. The predicted molar refractivity (Wildman–Crippen MR) is 130 cm³/mol. The summed E-state index contributed by atoms with van der Waals surface area (Å²) in [6.07, 6.45) is 1.44. The van der Waals surface area contributed by atoms with Crippen LogP contribution in [0.1, 0.15) is 45.1 Å². The van der Waals surface area contributed by atoms with Crippen LogP contribution in [0.15, 0.2) is 59.5 Å². The summed E-state index contributed by atoms with van der Waals surface area (Å²) in [4.78, 5) is 25.2. The normalized spacial score (nSPS) is 11.4. The number of nitrogens with zero attached hydrogens (tertiary/aromatic N) is 1. The SMILES string of the molecule is CCCC(=O)Oc1ccc(N(C(=O)CCC)S(=O)(=O)c2ccc(Cl)c(C)c2)c2ccccc12. The third-order valence-electron chi connectivity index (χ3n) is 5.12. The zero-order chi connectivity index (χ0) is 24.2. The Morgan fingerprint density at radius 2 is 1.61 bits per heavy atom. The highest BCUT2D eigenvalue weighted by Crippen LogP contribution is 2.37. The first-order valence-electron chi connectivity index (χ1n) is 10.8. The number of ether oxygens (including phenoxy) is 1. The maximum atomic E-state index is 13.7. The lowest BCUT2D eigenvalue weighted by molar-refractivity contribution is -0.134. The predicted octanol–water partition coefficient (Wildman–Crippen LogP) is 6.03. The van der Waals surface area contributed by atoms with E-state index in [1.165, 1.54) is 30.3 Å². The number of hydrogen-bond donors (Lipinski definition) is 0. The van der Waals surface area contributed by atoms with Gasteiger partial charge in [0.1, 0.15) is 5.75 Å². The average molecular weight is 488 g/mol. The lowest BCUT2D eigenvalue weighted by Gasteiger charge is -2.25. The molecule has 0 bridgehead atoms. The number of anilines is 1. The van der Waals surface area contributed by atoms with Crippen LogP contribution in [0.3, 0.4) is 0 Å². The number of carbonyl (C=O) groups excluding carboxylic acids is 2. The Morgan fingerprint density at radius 3 is 2.24 bits per heavy atom. The zero-order valence-electron chi connectivity index (χ0n) is 18.8. The maximum Gasteiger partial charge on any atom is 0.311 e. The number of hydrogen-bond acceptors (Lipinski definition) is 5. The second-order valence-electron chi connectivity index (χ2n) is 7.68. The van der Waals surface area contributed by atoms with E-state index in [1.54, 1.807) is 31.2 Å². The number of benzene rings is 3. The van der Waals surface area contributed by atoms with Crippen molar-refractivity contribution in [3.63, 3.8) is 0 Å². The van der Waals surface area contributed by atoms with Crippen molar-refractivity contribution >= 4 is 50.0 Å². The Labute approximate surface area is 199 Å². The smallest absolute Gasteiger partial charge is 0.311 e. The van der Waals surface area contributed by atoms with Crippen molar-refractivity contribution in [3.05, 3.63) is 65.2 Å². The zero-order valence-corrected chi connectivity index (χ0v) is 20.4. The number of amides is 1. The summed E-state index contributed by atoms with van der Waals surface area (Å²) in [5.41, 5.74) is 0.788. The molecule has 0 aromatic heterocycles. The number of esters is 1. The highest BCUT2D eigenvalue weighted by Gasteiger charge is 2.32. The van der Waals surface area contributed by atoms with Crippen LogP contribution in [0.4, 0.5) is 5.69 Å². The summed E-state index contributed by atoms with van der Waals surface area (Å²) in [6.45, 7) is 5.39. The van der Waals surface area contributed by atoms with Gasteiger partial charge >= 0.3 is 5.97 Å². The van der Waals surface area contributed by atoms with Crippen LogP contribution in [-0.2, 0) is 19.6 Å². The Bertz CT molecular complexity index is 1300. The molecule has 0 saturated carbocycles. The van der Waals surface area contributed by atoms with Crippen LogP contribution in [-0.4, -0.2) is 20.3 Å². The van der Waals surface area contributed by atoms with Crippen LogP contribution >= 0.6 is 11.6 Å². The molecule has 0 N–H and O–H groups in total. The molecule has 3 rings (SSSR count). The first-order chi connectivity index (χ1) is 15.7. The monoisotopic (exact) mass is 487 g/mol. The minimum atomic E-state index is -4.23. The van der Waals surface area contributed by atoms with Crippen LogP contribution < -0.4 is 9.04 Å². The minimum Gasteiger partial charge on any atom is -0.426 e. The average Bonchev–Trinajstić information content (AvgIpc) is 2.77. The molecule has 3 aromatic carbocycles. The van der Waals surface area contributed by atoms with E-state index in [1.807, 2.05) is 13.8 Å². The molecule has 174 valence electrons. The number of fused-ring (bicyclic) bond motifs is 1. The summed E-state index contributed by atoms with van der Waals surface area (Å²) in [5.74, 6) is -0.611. The van der Waals surface area contributed by atoms with Crippen LogP contribution in [0.25, 0.3) is 10.8 Å². The van der Waals surface area contributed by atoms with E-state index in [0.717, 1.165) is 4.31 Å². The second kappa shape index (κ2) is 10.4. The van der Waals surface area contributed by atoms with Gasteiger partial charge in [0.05, 0.1) is 10.6 Å². The molecule has 6 nitrogen and oxygen atoms in total. The Balaban J connectivity index is 2.21. The fourth-order valence-corrected chi connectivity index (χ4v) is 5.17. The molecule has 0 atom stereocenters. The quantitative estimate of drug-likeness (QED) is 0.286. The lowest BCUT2D eigenvalue weighted by Crippen LogP contribution is -2.37. The Morgan fingerprint density at radius 1 is 0.939 bits per heavy atom. The highest BCUT2D eigenvalue weighted by molar-refractivity contribution is 7.93. The largest absolute Gasteiger partial charge is 0.426 e. The number of rotatable bonds is 8. The maximum absolute atomic E-state index is 13.7. The van der Waals surface area contributed by atoms with Crippen molar-refractivity contribution in [1.82, 2.24) is 0 Å². The fourth-order valence-electron chi connectivity index (χ4n) is 3.50. The van der Waals surface area contributed by atoms with Gasteiger partial charge in [-0.15, -0.1) is 0 Å². The molecular formula is C25H26ClNO5S. The molecule has 3 aromatic rings. The first kappa shape index (κ1) is 24.7. The topological polar surface area (TPSA) is 80.8 Å². The minimum absolute atomic E-state index is 0.0311. The van der Waals surface area contributed by atoms with Gasteiger partial charge in [-0.2, -0.15) is 0 Å². The van der Waals surface area contributed by atoms with Crippen molar-refractivity contribution in [2.75, 3.05) is 4.31 Å². The van der Waals surface area contributed by atoms with Gasteiger partial charge in [-0.05, 0) is 55.7 Å². The number of carbonyl (C=O) groups is 2. The van der Waals surface area contributed by atoms with E-state index >= 15 is 0 Å². The summed E-state index contributed by atoms with van der Waals surface area (Å²) in [5, 5.41) is 1.46. The number of aryl methyl sites for hydroxylation is 1. The van der Waals surface area contributed by atoms with Gasteiger partial charge in [0.25, 0.3) is 10.0 Å². The van der Waals surface area contributed by atoms with E-state index < -0.39 is 15.9 Å². The van der Waals surface area contributed by atoms with E-state index in [9.17, 15) is 18.0 Å². The van der Waals surface area contributed by atoms with Crippen molar-refractivity contribution < 1.29 is 22.7 Å². The Kier molecular flexibility index (Phi) is 7.76. The summed E-state index contributed by atoms with van der Waals surface area (Å²) < 4.78 is 33.7. The number of halogens is 1. The van der Waals surface area contributed by atoms with E-state index in [-0.39, 0.29) is 29.4 Å². The fraction of sp³-hybridized carbons (Fsp3) is 0.280. The molecule has 0 spiro atoms. The molecule has 0 heterocycles. The third kappa shape index (κ3) is 5.20. The third-order valence-corrected chi connectivity index (χ3v) is 7.27. The van der Waals surface area contributed by atoms with Gasteiger partial charge in [0, 0.05) is 28.6 Å². The Hall–Kier alpha value is -2.90. The lowest BCUT2D eigenvalue weighted by atomic mass is 10.1. The highest BCUT2D eigenvalue weighted by atomic mass is 35.5. The molecule has 0 aliphatic carbocycles. The van der Waals surface area contributed by atoms with Crippen molar-refractivity contribution in [2.24, 2.45) is 0 Å². The number of sulfonamides is 1. The summed E-state index contributed by atoms with van der Waals surface area (Å²) in [6, 6.07) is 14.3. The van der Waals surface area contributed by atoms with Gasteiger partial charge < -0.3 is 4.74 Å². The molecule has 0 fully saturated rings. The van der Waals surface area contributed by atoms with Gasteiger partial charge in [-0.25, -0.2) is 12.7 Å². The molecular weight excluding hydrogens is 462 g/mol. The summed E-state index contributed by atoms with van der Waals surface area (Å²) >= 11 is 6.08. The van der Waals surface area contributed by atoms with Crippen LogP contribution in [0.5, 0.6) is 5.75 Å². The molecule has 0 unspecified atom stereocenters. The van der Waals surface area contributed by atoms with E-state index in [4.69, 9.17) is 16.3 Å². The summed E-state index contributed by atoms with van der Waals surface area (Å²) in [7, 11) is -4.23. The van der Waals surface area contributed by atoms with Gasteiger partial charge in [-0.3, -0.25) is 9.59 Å². The van der Waals surface area contributed by atoms with Gasteiger partial charge in [0.15, 0.2) is 0 Å². The van der Waals surface area contributed by atoms with Gasteiger partial charge in [0.2, 0.25) is 5.91 Å². The van der Waals surface area contributed by atoms with E-state index in [0.29, 0.717) is 39.9 Å². The molecule has 0 radical (unpaired) electrons. The first-order valence-corrected chi connectivity index (χ1v) is 12.6. The molecule has 33 heavy (non-hydrogen) atoms. The van der Waals surface area contributed by atoms with Crippen molar-refractivity contribution in [3.8, 4) is 5.75 Å². The second-order valence-corrected chi connectivity index (χ2v) is 9.87.